The summed E-state index contributed by atoms with van der Waals surface area (Å²) in [4.78, 5) is 3.95. The first kappa shape index (κ1) is 12.2. The molecule has 0 saturated carbocycles. The van der Waals surface area contributed by atoms with Crippen LogP contribution in [0.5, 0.6) is 5.75 Å². The third-order valence-corrected chi connectivity index (χ3v) is 2.93. The Hall–Kier alpha value is -2.81. The van der Waals surface area contributed by atoms with Crippen molar-refractivity contribution >= 4 is 11.6 Å². The van der Waals surface area contributed by atoms with Crippen LogP contribution in [0.1, 0.15) is 23.6 Å². The zero-order chi connectivity index (χ0) is 13.9. The summed E-state index contributed by atoms with van der Waals surface area (Å²) < 4.78 is 10.9. The first-order chi connectivity index (χ1) is 9.78. The molecule has 0 atom stereocenters. The van der Waals surface area contributed by atoms with E-state index >= 15 is 0 Å². The lowest BCUT2D eigenvalue weighted by atomic mass is 10.0. The monoisotopic (exact) mass is 268 g/mol. The Kier molecular flexibility index (Phi) is 3.09. The summed E-state index contributed by atoms with van der Waals surface area (Å²) in [5.74, 6) is 1.51. The van der Waals surface area contributed by atoms with Crippen molar-refractivity contribution in [2.24, 2.45) is 5.10 Å². The number of benzene rings is 1. The molecule has 0 spiro atoms. The largest absolute Gasteiger partial charge is 0.492 e. The Bertz CT molecular complexity index is 712. The maximum absolute atomic E-state index is 8.95. The third kappa shape index (κ3) is 2.21. The number of para-hydroxylation sites is 1. The van der Waals surface area contributed by atoms with Gasteiger partial charge in [0.1, 0.15) is 11.8 Å². The molecule has 6 heteroatoms. The van der Waals surface area contributed by atoms with Crippen LogP contribution in [0.4, 0.5) is 5.88 Å². The fourth-order valence-electron chi connectivity index (χ4n) is 2.04. The van der Waals surface area contributed by atoms with Crippen molar-refractivity contribution in [2.45, 2.75) is 13.3 Å². The van der Waals surface area contributed by atoms with E-state index in [2.05, 4.69) is 15.5 Å². The summed E-state index contributed by atoms with van der Waals surface area (Å²) in [6.07, 6.45) is 0.693. The van der Waals surface area contributed by atoms with Crippen LogP contribution in [0.3, 0.4) is 0 Å². The highest BCUT2D eigenvalue weighted by molar-refractivity contribution is 6.04. The van der Waals surface area contributed by atoms with Crippen LogP contribution in [0, 0.1) is 18.3 Å². The highest BCUT2D eigenvalue weighted by Crippen LogP contribution is 2.25. The van der Waals surface area contributed by atoms with E-state index in [1.807, 2.05) is 30.3 Å². The molecule has 0 saturated heterocycles. The molecule has 100 valence electrons. The van der Waals surface area contributed by atoms with Crippen LogP contribution in [0.2, 0.25) is 0 Å². The zero-order valence-corrected chi connectivity index (χ0v) is 10.9. The normalized spacial score (nSPS) is 15.3. The molecule has 3 rings (SSSR count). The molecule has 0 radical (unpaired) electrons. The first-order valence-corrected chi connectivity index (χ1v) is 6.20. The lowest BCUT2D eigenvalue weighted by Crippen LogP contribution is -2.17. The van der Waals surface area contributed by atoms with Gasteiger partial charge in [-0.15, -0.1) is 0 Å². The van der Waals surface area contributed by atoms with E-state index in [1.165, 1.54) is 0 Å². The Labute approximate surface area is 115 Å². The molecule has 0 unspecified atom stereocenters. The standard InChI is InChI=1S/C14H12N4O2/c1-9-16-12(8-15)14(20-9)18-17-11-6-7-19-13-5-3-2-4-10(11)13/h2-5,18H,6-7H2,1H3/b17-11-. The lowest BCUT2D eigenvalue weighted by Gasteiger charge is -2.18. The Morgan fingerprint density at radius 1 is 1.40 bits per heavy atom. The molecule has 1 N–H and O–H groups in total. The number of anilines is 1. The van der Waals surface area contributed by atoms with Crippen LogP contribution in [-0.2, 0) is 0 Å². The molecular weight excluding hydrogens is 256 g/mol. The molecular formula is C14H12N4O2. The van der Waals surface area contributed by atoms with Gasteiger partial charge in [-0.05, 0) is 12.1 Å². The smallest absolute Gasteiger partial charge is 0.252 e. The number of nitrogens with zero attached hydrogens (tertiary/aromatic N) is 3. The van der Waals surface area contributed by atoms with Gasteiger partial charge in [0.25, 0.3) is 5.88 Å². The second-order valence-corrected chi connectivity index (χ2v) is 4.29. The summed E-state index contributed by atoms with van der Waals surface area (Å²) in [6, 6.07) is 9.67. The van der Waals surface area contributed by atoms with Crippen molar-refractivity contribution in [3.8, 4) is 11.8 Å². The Morgan fingerprint density at radius 2 is 2.25 bits per heavy atom. The average Bonchev–Trinajstić information content (AvgIpc) is 2.85. The van der Waals surface area contributed by atoms with E-state index < -0.39 is 0 Å². The molecule has 2 aromatic rings. The summed E-state index contributed by atoms with van der Waals surface area (Å²) in [7, 11) is 0. The summed E-state index contributed by atoms with van der Waals surface area (Å²) in [6.45, 7) is 2.26. The molecule has 0 aliphatic carbocycles. The van der Waals surface area contributed by atoms with Crippen LogP contribution in [-0.4, -0.2) is 17.3 Å². The maximum Gasteiger partial charge on any atom is 0.252 e. The third-order valence-electron chi connectivity index (χ3n) is 2.93. The van der Waals surface area contributed by atoms with Crippen molar-refractivity contribution in [3.05, 3.63) is 41.4 Å². The number of rotatable bonds is 2. The zero-order valence-electron chi connectivity index (χ0n) is 10.9. The summed E-state index contributed by atoms with van der Waals surface area (Å²) >= 11 is 0. The van der Waals surface area contributed by atoms with Crippen molar-refractivity contribution in [2.75, 3.05) is 12.0 Å². The highest BCUT2D eigenvalue weighted by Gasteiger charge is 2.17. The Morgan fingerprint density at radius 3 is 3.10 bits per heavy atom. The Balaban J connectivity index is 1.89. The number of nitriles is 1. The van der Waals surface area contributed by atoms with Gasteiger partial charge in [-0.2, -0.15) is 10.4 Å². The minimum absolute atomic E-state index is 0.201. The number of oxazole rings is 1. The number of hydrogen-bond acceptors (Lipinski definition) is 6. The van der Waals surface area contributed by atoms with E-state index in [0.717, 1.165) is 17.0 Å². The van der Waals surface area contributed by atoms with Crippen LogP contribution < -0.4 is 10.2 Å². The number of aryl methyl sites for hydroxylation is 1. The van der Waals surface area contributed by atoms with Gasteiger partial charge in [-0.1, -0.05) is 12.1 Å². The van der Waals surface area contributed by atoms with Gasteiger partial charge < -0.3 is 9.15 Å². The van der Waals surface area contributed by atoms with Gasteiger partial charge in [-0.25, -0.2) is 10.4 Å². The van der Waals surface area contributed by atoms with Gasteiger partial charge in [0.15, 0.2) is 5.89 Å². The van der Waals surface area contributed by atoms with Gasteiger partial charge >= 0.3 is 0 Å². The van der Waals surface area contributed by atoms with Gasteiger partial charge in [-0.3, -0.25) is 0 Å². The molecule has 1 aliphatic rings. The minimum Gasteiger partial charge on any atom is -0.492 e. The molecule has 0 fully saturated rings. The number of hydrogen-bond donors (Lipinski definition) is 1. The molecule has 20 heavy (non-hydrogen) atoms. The molecule has 1 aromatic carbocycles. The van der Waals surface area contributed by atoms with E-state index in [4.69, 9.17) is 14.4 Å². The number of nitrogens with one attached hydrogen (secondary N) is 1. The highest BCUT2D eigenvalue weighted by atomic mass is 16.5. The maximum atomic E-state index is 8.95. The van der Waals surface area contributed by atoms with E-state index in [9.17, 15) is 0 Å². The van der Waals surface area contributed by atoms with Gasteiger partial charge in [0, 0.05) is 18.9 Å². The second kappa shape index (κ2) is 5.05. The quantitative estimate of drug-likeness (QED) is 0.846. The summed E-state index contributed by atoms with van der Waals surface area (Å²) in [5, 5.41) is 13.3. The summed E-state index contributed by atoms with van der Waals surface area (Å²) in [5.41, 5.74) is 4.79. The fraction of sp³-hybridized carbons (Fsp3) is 0.214. The average molecular weight is 268 g/mol. The molecule has 0 bridgehead atoms. The SMILES string of the molecule is Cc1nc(C#N)c(N/N=C2/CCOc3ccccc32)o1. The molecule has 0 amide bonds. The van der Waals surface area contributed by atoms with Crippen molar-refractivity contribution in [1.29, 1.82) is 5.26 Å². The molecule has 2 heterocycles. The first-order valence-electron chi connectivity index (χ1n) is 6.20. The van der Waals surface area contributed by atoms with Crippen LogP contribution in [0.25, 0.3) is 0 Å². The van der Waals surface area contributed by atoms with Crippen LogP contribution >= 0.6 is 0 Å². The van der Waals surface area contributed by atoms with Crippen molar-refractivity contribution in [1.82, 2.24) is 4.98 Å². The van der Waals surface area contributed by atoms with Gasteiger partial charge in [0.2, 0.25) is 5.69 Å². The van der Waals surface area contributed by atoms with E-state index in [1.54, 1.807) is 6.92 Å². The second-order valence-electron chi connectivity index (χ2n) is 4.29. The van der Waals surface area contributed by atoms with Crippen molar-refractivity contribution < 1.29 is 9.15 Å². The fourth-order valence-corrected chi connectivity index (χ4v) is 2.04. The van der Waals surface area contributed by atoms with Crippen molar-refractivity contribution in [3.63, 3.8) is 0 Å². The number of aromatic nitrogens is 1. The number of hydrazone groups is 1. The van der Waals surface area contributed by atoms with E-state index in [0.29, 0.717) is 18.9 Å². The lowest BCUT2D eigenvalue weighted by molar-refractivity contribution is 0.320. The topological polar surface area (TPSA) is 83.4 Å². The predicted octanol–water partition coefficient (Wildman–Crippen LogP) is 2.45. The van der Waals surface area contributed by atoms with Gasteiger partial charge in [0.05, 0.1) is 12.3 Å². The number of fused-ring (bicyclic) bond motifs is 1. The van der Waals surface area contributed by atoms with E-state index in [-0.39, 0.29) is 11.6 Å². The van der Waals surface area contributed by atoms with Crippen LogP contribution in [0.15, 0.2) is 33.8 Å². The predicted molar refractivity (Wildman–Crippen MR) is 72.7 cm³/mol. The number of ether oxygens (including phenoxy) is 1. The molecule has 1 aromatic heterocycles. The minimum atomic E-state index is 0.201. The molecule has 6 nitrogen and oxygen atoms in total. The molecule has 1 aliphatic heterocycles.